The molecule has 1 aromatic carbocycles. The number of thioether (sulfide) groups is 1. The zero-order chi connectivity index (χ0) is 21.0. The molecule has 0 aliphatic carbocycles. The van der Waals surface area contributed by atoms with E-state index in [4.69, 9.17) is 20.4 Å². The molecule has 31 heavy (non-hydrogen) atoms. The third-order valence-electron chi connectivity index (χ3n) is 5.13. The summed E-state index contributed by atoms with van der Waals surface area (Å²) in [6.07, 6.45) is 5.28. The monoisotopic (exact) mass is 456 g/mol. The van der Waals surface area contributed by atoms with Crippen molar-refractivity contribution in [3.8, 4) is 11.5 Å². The summed E-state index contributed by atoms with van der Waals surface area (Å²) in [6, 6.07) is 11.3. The van der Waals surface area contributed by atoms with Gasteiger partial charge in [-0.1, -0.05) is 35.5 Å². The van der Waals surface area contributed by atoms with Crippen molar-refractivity contribution < 1.29 is 8.83 Å². The van der Waals surface area contributed by atoms with E-state index >= 15 is 0 Å². The highest BCUT2D eigenvalue weighted by molar-refractivity contribution is 7.98. The van der Waals surface area contributed by atoms with Gasteiger partial charge in [0.15, 0.2) is 5.16 Å². The molecule has 3 aromatic heterocycles. The Bertz CT molecular complexity index is 1140. The van der Waals surface area contributed by atoms with E-state index in [1.807, 2.05) is 30.3 Å². The van der Waals surface area contributed by atoms with Gasteiger partial charge >= 0.3 is 0 Å². The van der Waals surface area contributed by atoms with Crippen molar-refractivity contribution in [3.05, 3.63) is 59.3 Å². The largest absolute Gasteiger partial charge is 0.467 e. The Morgan fingerprint density at radius 2 is 1.84 bits per heavy atom. The van der Waals surface area contributed by atoms with Crippen LogP contribution in [-0.2, 0) is 12.3 Å². The first-order chi connectivity index (χ1) is 15.3. The topological polar surface area (TPSA) is 86.0 Å². The highest BCUT2D eigenvalue weighted by Crippen LogP contribution is 2.30. The maximum atomic E-state index is 6.24. The van der Waals surface area contributed by atoms with Gasteiger partial charge in [0.25, 0.3) is 0 Å². The average molecular weight is 457 g/mol. The highest BCUT2D eigenvalue weighted by Gasteiger charge is 2.22. The number of rotatable bonds is 7. The SMILES string of the molecule is Clc1ccccc1-c1nnc(CSc2nnc(N3CCCCC3)n2Cc2ccco2)o1. The van der Waals surface area contributed by atoms with Gasteiger partial charge in [-0.15, -0.1) is 20.4 Å². The molecular formula is C21H21ClN6O2S. The number of hydrogen-bond acceptors (Lipinski definition) is 8. The second-order valence-electron chi connectivity index (χ2n) is 7.27. The van der Waals surface area contributed by atoms with Crippen LogP contribution in [0.4, 0.5) is 5.95 Å². The van der Waals surface area contributed by atoms with Gasteiger partial charge < -0.3 is 13.7 Å². The fraction of sp³-hybridized carbons (Fsp3) is 0.333. The number of anilines is 1. The van der Waals surface area contributed by atoms with Crippen molar-refractivity contribution in [2.75, 3.05) is 18.0 Å². The summed E-state index contributed by atoms with van der Waals surface area (Å²) in [5, 5.41) is 18.6. The molecule has 1 aliphatic heterocycles. The molecule has 0 unspecified atom stereocenters. The van der Waals surface area contributed by atoms with Crippen LogP contribution in [0, 0.1) is 0 Å². The number of furan rings is 1. The first-order valence-electron chi connectivity index (χ1n) is 10.2. The van der Waals surface area contributed by atoms with Crippen molar-refractivity contribution in [1.82, 2.24) is 25.0 Å². The first-order valence-corrected chi connectivity index (χ1v) is 11.5. The highest BCUT2D eigenvalue weighted by atomic mass is 35.5. The van der Waals surface area contributed by atoms with E-state index in [2.05, 4.69) is 29.9 Å². The van der Waals surface area contributed by atoms with Gasteiger partial charge in [-0.2, -0.15) is 0 Å². The normalized spacial score (nSPS) is 14.3. The third kappa shape index (κ3) is 4.47. The summed E-state index contributed by atoms with van der Waals surface area (Å²) in [5.74, 6) is 3.13. The lowest BCUT2D eigenvalue weighted by molar-refractivity contribution is 0.479. The molecular weight excluding hydrogens is 436 g/mol. The first kappa shape index (κ1) is 20.1. The van der Waals surface area contributed by atoms with E-state index in [1.54, 1.807) is 12.3 Å². The van der Waals surface area contributed by atoms with E-state index in [0.717, 1.165) is 35.5 Å². The molecule has 160 valence electrons. The number of hydrogen-bond donors (Lipinski definition) is 0. The van der Waals surface area contributed by atoms with E-state index < -0.39 is 0 Å². The van der Waals surface area contributed by atoms with Gasteiger partial charge in [-0.25, -0.2) is 0 Å². The van der Waals surface area contributed by atoms with Crippen LogP contribution in [0.5, 0.6) is 0 Å². The maximum absolute atomic E-state index is 6.24. The molecule has 4 aromatic rings. The molecule has 10 heteroatoms. The van der Waals surface area contributed by atoms with Gasteiger partial charge in [0, 0.05) is 13.1 Å². The number of piperidine rings is 1. The van der Waals surface area contributed by atoms with Crippen molar-refractivity contribution in [1.29, 1.82) is 0 Å². The fourth-order valence-corrected chi connectivity index (χ4v) is 4.58. The summed E-state index contributed by atoms with van der Waals surface area (Å²) in [7, 11) is 0. The van der Waals surface area contributed by atoms with E-state index in [0.29, 0.717) is 29.1 Å². The Hall–Kier alpha value is -2.78. The van der Waals surface area contributed by atoms with Crippen molar-refractivity contribution in [2.45, 2.75) is 36.7 Å². The minimum Gasteiger partial charge on any atom is -0.467 e. The van der Waals surface area contributed by atoms with Gasteiger partial charge in [-0.05, 0) is 43.5 Å². The predicted octanol–water partition coefficient (Wildman–Crippen LogP) is 4.91. The second kappa shape index (κ2) is 9.15. The average Bonchev–Trinajstić information content (AvgIpc) is 3.55. The summed E-state index contributed by atoms with van der Waals surface area (Å²) < 4.78 is 13.5. The minimum absolute atomic E-state index is 0.409. The van der Waals surface area contributed by atoms with Crippen molar-refractivity contribution >= 4 is 29.3 Å². The molecule has 0 saturated carbocycles. The van der Waals surface area contributed by atoms with Crippen LogP contribution >= 0.6 is 23.4 Å². The Morgan fingerprint density at radius 1 is 0.968 bits per heavy atom. The molecule has 0 bridgehead atoms. The molecule has 4 heterocycles. The van der Waals surface area contributed by atoms with Gasteiger partial charge in [0.05, 0.1) is 29.1 Å². The lowest BCUT2D eigenvalue weighted by Gasteiger charge is -2.27. The number of aromatic nitrogens is 5. The molecule has 5 rings (SSSR count). The van der Waals surface area contributed by atoms with Crippen LogP contribution < -0.4 is 4.90 Å². The molecule has 1 aliphatic rings. The zero-order valence-electron chi connectivity index (χ0n) is 16.8. The van der Waals surface area contributed by atoms with Crippen LogP contribution in [-0.4, -0.2) is 38.1 Å². The maximum Gasteiger partial charge on any atom is 0.249 e. The fourth-order valence-electron chi connectivity index (χ4n) is 3.59. The Morgan fingerprint density at radius 3 is 2.65 bits per heavy atom. The lowest BCUT2D eigenvalue weighted by atomic mass is 10.1. The number of benzene rings is 1. The quantitative estimate of drug-likeness (QED) is 0.363. The predicted molar refractivity (Wildman–Crippen MR) is 118 cm³/mol. The Labute approximate surface area is 188 Å². The molecule has 0 atom stereocenters. The summed E-state index contributed by atoms with van der Waals surface area (Å²) in [5.41, 5.74) is 0.723. The summed E-state index contributed by atoms with van der Waals surface area (Å²) in [6.45, 7) is 2.56. The van der Waals surface area contributed by atoms with Crippen molar-refractivity contribution in [2.24, 2.45) is 0 Å². The van der Waals surface area contributed by atoms with Crippen LogP contribution in [0.2, 0.25) is 5.02 Å². The standard InChI is InChI=1S/C21H21ClN6O2S/c22-17-9-3-2-8-16(17)19-24-23-18(30-19)14-31-21-26-25-20(27-10-4-1-5-11-27)28(21)13-15-7-6-12-29-15/h2-3,6-9,12H,1,4-5,10-11,13-14H2. The molecule has 0 amide bonds. The molecule has 0 spiro atoms. The molecule has 0 radical (unpaired) electrons. The van der Waals surface area contributed by atoms with Crippen LogP contribution in [0.1, 0.15) is 30.9 Å². The van der Waals surface area contributed by atoms with Gasteiger partial charge in [0.2, 0.25) is 17.7 Å². The van der Waals surface area contributed by atoms with Crippen LogP contribution in [0.25, 0.3) is 11.5 Å². The summed E-state index contributed by atoms with van der Waals surface area (Å²) in [4.78, 5) is 2.30. The molecule has 0 N–H and O–H groups in total. The van der Waals surface area contributed by atoms with E-state index in [1.165, 1.54) is 31.0 Å². The zero-order valence-corrected chi connectivity index (χ0v) is 18.3. The van der Waals surface area contributed by atoms with E-state index in [-0.39, 0.29) is 0 Å². The van der Waals surface area contributed by atoms with Crippen LogP contribution in [0.15, 0.2) is 56.7 Å². The number of halogens is 1. The number of nitrogens with zero attached hydrogens (tertiary/aromatic N) is 6. The third-order valence-corrected chi connectivity index (χ3v) is 6.41. The molecule has 1 saturated heterocycles. The second-order valence-corrected chi connectivity index (χ2v) is 8.61. The van der Waals surface area contributed by atoms with Gasteiger partial charge in [-0.3, -0.25) is 4.57 Å². The Balaban J connectivity index is 1.35. The van der Waals surface area contributed by atoms with Crippen molar-refractivity contribution in [3.63, 3.8) is 0 Å². The van der Waals surface area contributed by atoms with Gasteiger partial charge in [0.1, 0.15) is 5.76 Å². The lowest BCUT2D eigenvalue weighted by Crippen LogP contribution is -2.32. The Kier molecular flexibility index (Phi) is 5.95. The van der Waals surface area contributed by atoms with Crippen LogP contribution in [0.3, 0.4) is 0 Å². The molecule has 1 fully saturated rings. The smallest absolute Gasteiger partial charge is 0.249 e. The summed E-state index contributed by atoms with van der Waals surface area (Å²) >= 11 is 7.75. The van der Waals surface area contributed by atoms with E-state index in [9.17, 15) is 0 Å². The minimum atomic E-state index is 0.409. The molecule has 8 nitrogen and oxygen atoms in total.